The van der Waals surface area contributed by atoms with Crippen molar-refractivity contribution in [2.45, 2.75) is 25.8 Å². The van der Waals surface area contributed by atoms with Gasteiger partial charge in [0.15, 0.2) is 0 Å². The van der Waals surface area contributed by atoms with E-state index in [4.69, 9.17) is 5.73 Å². The van der Waals surface area contributed by atoms with Crippen LogP contribution >= 0.6 is 11.3 Å². The number of benzene rings is 1. The average molecular weight is 307 g/mol. The molecule has 2 aromatic rings. The van der Waals surface area contributed by atoms with Gasteiger partial charge in [-0.05, 0) is 31.5 Å². The highest BCUT2D eigenvalue weighted by Gasteiger charge is 2.14. The van der Waals surface area contributed by atoms with Crippen LogP contribution in [0.15, 0.2) is 29.6 Å². The molecule has 0 radical (unpaired) electrons. The van der Waals surface area contributed by atoms with Crippen LogP contribution in [0.3, 0.4) is 0 Å². The molecule has 3 N–H and O–H groups in total. The molecule has 1 atom stereocenters. The zero-order valence-corrected chi connectivity index (χ0v) is 12.6. The van der Waals surface area contributed by atoms with Crippen molar-refractivity contribution in [2.24, 2.45) is 5.73 Å². The first kappa shape index (κ1) is 15.6. The SMILES string of the molecule is CC(Cc1ccccc1F)NC(=O)c1csc(CCN)n1. The van der Waals surface area contributed by atoms with Gasteiger partial charge in [0, 0.05) is 17.8 Å². The van der Waals surface area contributed by atoms with Crippen molar-refractivity contribution in [1.29, 1.82) is 0 Å². The Kier molecular flexibility index (Phi) is 5.41. The lowest BCUT2D eigenvalue weighted by Gasteiger charge is -2.13. The lowest BCUT2D eigenvalue weighted by atomic mass is 10.1. The van der Waals surface area contributed by atoms with Crippen LogP contribution in [0.1, 0.15) is 28.0 Å². The Morgan fingerprint density at radius 1 is 1.48 bits per heavy atom. The number of hydrogen-bond donors (Lipinski definition) is 2. The van der Waals surface area contributed by atoms with Crippen molar-refractivity contribution < 1.29 is 9.18 Å². The standard InChI is InChI=1S/C15H18FN3OS/c1-10(8-11-4-2-3-5-12(11)16)18-15(20)13-9-21-14(19-13)6-7-17/h2-5,9-10H,6-8,17H2,1H3,(H,18,20). The number of aromatic nitrogens is 1. The minimum atomic E-state index is -0.252. The van der Waals surface area contributed by atoms with Gasteiger partial charge >= 0.3 is 0 Å². The first-order valence-corrected chi connectivity index (χ1v) is 7.67. The fourth-order valence-corrected chi connectivity index (χ4v) is 2.79. The quantitative estimate of drug-likeness (QED) is 0.859. The molecule has 0 fully saturated rings. The van der Waals surface area contributed by atoms with Gasteiger partial charge in [0.2, 0.25) is 0 Å². The van der Waals surface area contributed by atoms with Crippen molar-refractivity contribution in [3.05, 3.63) is 51.7 Å². The predicted molar refractivity (Wildman–Crippen MR) is 81.9 cm³/mol. The summed E-state index contributed by atoms with van der Waals surface area (Å²) in [5.41, 5.74) is 6.44. The zero-order valence-electron chi connectivity index (χ0n) is 11.8. The molecular weight excluding hydrogens is 289 g/mol. The number of nitrogens with zero attached hydrogens (tertiary/aromatic N) is 1. The summed E-state index contributed by atoms with van der Waals surface area (Å²) in [6.07, 6.45) is 1.11. The number of carbonyl (C=O) groups excluding carboxylic acids is 1. The van der Waals surface area contributed by atoms with E-state index in [-0.39, 0.29) is 17.8 Å². The fourth-order valence-electron chi connectivity index (χ4n) is 2.00. The van der Waals surface area contributed by atoms with E-state index in [0.29, 0.717) is 30.6 Å². The molecule has 0 bridgehead atoms. The Morgan fingerprint density at radius 2 is 2.24 bits per heavy atom. The summed E-state index contributed by atoms with van der Waals surface area (Å²) in [4.78, 5) is 16.3. The van der Waals surface area contributed by atoms with Gasteiger partial charge in [0.1, 0.15) is 11.5 Å². The number of halogens is 1. The summed E-state index contributed by atoms with van der Waals surface area (Å²) in [5.74, 6) is -0.490. The molecule has 0 spiro atoms. The van der Waals surface area contributed by atoms with Gasteiger partial charge in [-0.2, -0.15) is 0 Å². The average Bonchev–Trinajstić information content (AvgIpc) is 2.90. The first-order valence-electron chi connectivity index (χ1n) is 6.79. The molecule has 0 saturated heterocycles. The molecule has 4 nitrogen and oxygen atoms in total. The van der Waals surface area contributed by atoms with Crippen LogP contribution < -0.4 is 11.1 Å². The van der Waals surface area contributed by atoms with E-state index in [0.717, 1.165) is 5.01 Å². The fraction of sp³-hybridized carbons (Fsp3) is 0.333. The lowest BCUT2D eigenvalue weighted by Crippen LogP contribution is -2.34. The smallest absolute Gasteiger partial charge is 0.270 e. The number of amides is 1. The molecule has 6 heteroatoms. The number of carbonyl (C=O) groups is 1. The Bertz CT molecular complexity index is 614. The number of hydrogen-bond acceptors (Lipinski definition) is 4. The minimum Gasteiger partial charge on any atom is -0.348 e. The van der Waals surface area contributed by atoms with Crippen molar-refractivity contribution in [1.82, 2.24) is 10.3 Å². The zero-order chi connectivity index (χ0) is 15.2. The highest BCUT2D eigenvalue weighted by Crippen LogP contribution is 2.12. The molecule has 21 heavy (non-hydrogen) atoms. The van der Waals surface area contributed by atoms with Gasteiger partial charge in [0.05, 0.1) is 5.01 Å². The molecule has 0 saturated carbocycles. The molecule has 2 rings (SSSR count). The Morgan fingerprint density at radius 3 is 2.95 bits per heavy atom. The minimum absolute atomic E-state index is 0.172. The predicted octanol–water partition coefficient (Wildman–Crippen LogP) is 2.14. The molecule has 1 amide bonds. The largest absolute Gasteiger partial charge is 0.348 e. The maximum atomic E-state index is 13.6. The van der Waals surface area contributed by atoms with Crippen molar-refractivity contribution in [2.75, 3.05) is 6.54 Å². The van der Waals surface area contributed by atoms with Gasteiger partial charge in [-0.25, -0.2) is 9.37 Å². The van der Waals surface area contributed by atoms with Crippen molar-refractivity contribution >= 4 is 17.2 Å². The van der Waals surface area contributed by atoms with Crippen LogP contribution in [-0.2, 0) is 12.8 Å². The maximum Gasteiger partial charge on any atom is 0.270 e. The summed E-state index contributed by atoms with van der Waals surface area (Å²) < 4.78 is 13.6. The summed E-state index contributed by atoms with van der Waals surface area (Å²) in [6.45, 7) is 2.36. The second-order valence-electron chi connectivity index (χ2n) is 4.84. The molecule has 0 aliphatic rings. The van der Waals surface area contributed by atoms with Crippen LogP contribution in [0, 0.1) is 5.82 Å². The van der Waals surface area contributed by atoms with Gasteiger partial charge in [-0.1, -0.05) is 18.2 Å². The van der Waals surface area contributed by atoms with E-state index >= 15 is 0 Å². The molecule has 1 unspecified atom stereocenters. The topological polar surface area (TPSA) is 68.0 Å². The molecule has 0 aliphatic carbocycles. The molecule has 0 aliphatic heterocycles. The monoisotopic (exact) mass is 307 g/mol. The maximum absolute atomic E-state index is 13.6. The molecule has 1 aromatic carbocycles. The molecule has 1 aromatic heterocycles. The summed E-state index contributed by atoms with van der Waals surface area (Å²) in [7, 11) is 0. The lowest BCUT2D eigenvalue weighted by molar-refractivity contribution is 0.0935. The second kappa shape index (κ2) is 7.28. The van der Waals surface area contributed by atoms with Crippen molar-refractivity contribution in [3.8, 4) is 0 Å². The Labute approximate surface area is 127 Å². The first-order chi connectivity index (χ1) is 10.1. The van der Waals surface area contributed by atoms with Gasteiger partial charge in [-0.3, -0.25) is 4.79 Å². The Balaban J connectivity index is 1.94. The van der Waals surface area contributed by atoms with E-state index in [1.54, 1.807) is 23.6 Å². The van der Waals surface area contributed by atoms with Crippen molar-refractivity contribution in [3.63, 3.8) is 0 Å². The van der Waals surface area contributed by atoms with E-state index in [1.807, 2.05) is 6.92 Å². The third kappa shape index (κ3) is 4.34. The third-order valence-corrected chi connectivity index (χ3v) is 3.91. The molecular formula is C15H18FN3OS. The number of nitrogens with two attached hydrogens (primary N) is 1. The van der Waals surface area contributed by atoms with Gasteiger partial charge < -0.3 is 11.1 Å². The van der Waals surface area contributed by atoms with Crippen LogP contribution in [0.4, 0.5) is 4.39 Å². The van der Waals surface area contributed by atoms with Gasteiger partial charge in [-0.15, -0.1) is 11.3 Å². The normalized spacial score (nSPS) is 12.1. The van der Waals surface area contributed by atoms with E-state index < -0.39 is 0 Å². The van der Waals surface area contributed by atoms with E-state index in [9.17, 15) is 9.18 Å². The van der Waals surface area contributed by atoms with Crippen LogP contribution in [-0.4, -0.2) is 23.5 Å². The highest BCUT2D eigenvalue weighted by atomic mass is 32.1. The van der Waals surface area contributed by atoms with Gasteiger partial charge in [0.25, 0.3) is 5.91 Å². The number of rotatable bonds is 6. The third-order valence-electron chi connectivity index (χ3n) is 3.00. The summed E-state index contributed by atoms with van der Waals surface area (Å²) >= 11 is 1.42. The summed E-state index contributed by atoms with van der Waals surface area (Å²) in [6, 6.07) is 6.40. The van der Waals surface area contributed by atoms with E-state index in [2.05, 4.69) is 10.3 Å². The number of thiazole rings is 1. The molecule has 112 valence electrons. The van der Waals surface area contributed by atoms with Crippen LogP contribution in [0.2, 0.25) is 0 Å². The second-order valence-corrected chi connectivity index (χ2v) is 5.78. The summed E-state index contributed by atoms with van der Waals surface area (Å²) in [5, 5.41) is 5.40. The number of nitrogens with one attached hydrogen (secondary N) is 1. The Hall–Kier alpha value is -1.79. The van der Waals surface area contributed by atoms with E-state index in [1.165, 1.54) is 17.4 Å². The van der Waals surface area contributed by atoms with Crippen LogP contribution in [0.25, 0.3) is 0 Å². The molecule has 1 heterocycles. The van der Waals surface area contributed by atoms with Crippen LogP contribution in [0.5, 0.6) is 0 Å². The highest BCUT2D eigenvalue weighted by molar-refractivity contribution is 7.09.